The maximum Gasteiger partial charge on any atom is 0.239 e. The minimum Gasteiger partial charge on any atom is -0.310 e. The largest absolute Gasteiger partial charge is 0.310 e. The summed E-state index contributed by atoms with van der Waals surface area (Å²) in [5.74, 6) is 0.319. The quantitative estimate of drug-likeness (QED) is 0.875. The molecule has 2 aromatic rings. The lowest BCUT2D eigenvalue weighted by molar-refractivity contribution is -0.115. The molecule has 2 heterocycles. The van der Waals surface area contributed by atoms with E-state index < -0.39 is 0 Å². The highest BCUT2D eigenvalue weighted by molar-refractivity contribution is 6.30. The zero-order chi connectivity index (χ0) is 13.5. The van der Waals surface area contributed by atoms with Crippen molar-refractivity contribution in [3.8, 4) is 0 Å². The van der Waals surface area contributed by atoms with Gasteiger partial charge < -0.3 is 10.6 Å². The highest BCUT2D eigenvalue weighted by Gasteiger charge is 2.03. The molecule has 0 aliphatic heterocycles. The van der Waals surface area contributed by atoms with Crippen LogP contribution in [-0.2, 0) is 11.3 Å². The van der Waals surface area contributed by atoms with Crippen LogP contribution in [0.5, 0.6) is 0 Å². The Morgan fingerprint density at radius 1 is 1.21 bits per heavy atom. The van der Waals surface area contributed by atoms with Crippen LogP contribution >= 0.6 is 11.6 Å². The van der Waals surface area contributed by atoms with Crippen LogP contribution in [0.3, 0.4) is 0 Å². The number of nitrogens with one attached hydrogen (secondary N) is 2. The first-order valence-corrected chi connectivity index (χ1v) is 6.14. The van der Waals surface area contributed by atoms with Gasteiger partial charge in [0.25, 0.3) is 0 Å². The van der Waals surface area contributed by atoms with E-state index >= 15 is 0 Å². The van der Waals surface area contributed by atoms with Crippen molar-refractivity contribution in [1.82, 2.24) is 15.3 Å². The number of pyridine rings is 2. The predicted molar refractivity (Wildman–Crippen MR) is 73.8 cm³/mol. The van der Waals surface area contributed by atoms with E-state index in [-0.39, 0.29) is 12.5 Å². The molecule has 1 amide bonds. The fourth-order valence-electron chi connectivity index (χ4n) is 1.44. The summed E-state index contributed by atoms with van der Waals surface area (Å²) in [6.45, 7) is 0.739. The molecule has 2 rings (SSSR count). The Labute approximate surface area is 116 Å². The second kappa shape index (κ2) is 6.82. The van der Waals surface area contributed by atoms with Crippen molar-refractivity contribution in [2.45, 2.75) is 6.54 Å². The lowest BCUT2D eigenvalue weighted by Gasteiger charge is -2.05. The molecule has 0 atom stereocenters. The Bertz CT molecular complexity index is 530. The van der Waals surface area contributed by atoms with E-state index in [0.29, 0.717) is 17.4 Å². The normalized spacial score (nSPS) is 10.2. The van der Waals surface area contributed by atoms with Crippen LogP contribution in [0.15, 0.2) is 42.7 Å². The average molecular weight is 277 g/mol. The summed E-state index contributed by atoms with van der Waals surface area (Å²) in [4.78, 5) is 19.7. The van der Waals surface area contributed by atoms with Gasteiger partial charge in [-0.25, -0.2) is 4.98 Å². The molecule has 0 fully saturated rings. The maximum atomic E-state index is 11.6. The van der Waals surface area contributed by atoms with Crippen LogP contribution in [0, 0.1) is 0 Å². The van der Waals surface area contributed by atoms with Crippen molar-refractivity contribution in [2.24, 2.45) is 0 Å². The molecule has 2 aromatic heterocycles. The first-order valence-electron chi connectivity index (χ1n) is 5.76. The molecule has 6 heteroatoms. The molecule has 2 N–H and O–H groups in total. The zero-order valence-corrected chi connectivity index (χ0v) is 10.9. The Morgan fingerprint density at radius 3 is 2.79 bits per heavy atom. The highest BCUT2D eigenvalue weighted by atomic mass is 35.5. The summed E-state index contributed by atoms with van der Waals surface area (Å²) in [5.41, 5.74) is 0.889. The van der Waals surface area contributed by atoms with Crippen molar-refractivity contribution < 1.29 is 4.79 Å². The van der Waals surface area contributed by atoms with Crippen LogP contribution in [0.4, 0.5) is 5.82 Å². The Hall–Kier alpha value is -1.98. The summed E-state index contributed by atoms with van der Waals surface area (Å²) in [6, 6.07) is 8.97. The zero-order valence-electron chi connectivity index (χ0n) is 10.1. The number of halogens is 1. The van der Waals surface area contributed by atoms with Gasteiger partial charge in [-0.3, -0.25) is 9.78 Å². The Balaban J connectivity index is 1.74. The highest BCUT2D eigenvalue weighted by Crippen LogP contribution is 2.09. The van der Waals surface area contributed by atoms with Crippen molar-refractivity contribution in [2.75, 3.05) is 11.9 Å². The summed E-state index contributed by atoms with van der Waals surface area (Å²) in [7, 11) is 0. The van der Waals surface area contributed by atoms with Gasteiger partial charge in [-0.1, -0.05) is 17.7 Å². The number of hydrogen-bond acceptors (Lipinski definition) is 4. The molecule has 0 bridgehead atoms. The third kappa shape index (κ3) is 4.65. The number of aromatic nitrogens is 2. The van der Waals surface area contributed by atoms with Crippen molar-refractivity contribution >= 4 is 23.3 Å². The maximum absolute atomic E-state index is 11.6. The number of amides is 1. The molecule has 0 unspecified atom stereocenters. The molecule has 98 valence electrons. The number of anilines is 1. The fourth-order valence-corrected chi connectivity index (χ4v) is 1.56. The van der Waals surface area contributed by atoms with Crippen LogP contribution in [-0.4, -0.2) is 22.4 Å². The molecule has 0 radical (unpaired) electrons. The van der Waals surface area contributed by atoms with E-state index in [0.717, 1.165) is 5.69 Å². The smallest absolute Gasteiger partial charge is 0.239 e. The number of carbonyl (C=O) groups excluding carboxylic acids is 1. The minimum absolute atomic E-state index is 0.161. The lowest BCUT2D eigenvalue weighted by atomic mass is 10.3. The fraction of sp³-hybridized carbons (Fsp3) is 0.154. The third-order valence-corrected chi connectivity index (χ3v) is 2.54. The van der Waals surface area contributed by atoms with E-state index in [9.17, 15) is 4.79 Å². The second-order valence-corrected chi connectivity index (χ2v) is 4.27. The van der Waals surface area contributed by atoms with Gasteiger partial charge in [-0.2, -0.15) is 0 Å². The average Bonchev–Trinajstić information content (AvgIpc) is 2.43. The predicted octanol–water partition coefficient (Wildman–Crippen LogP) is 1.86. The molecule has 0 aromatic carbocycles. The van der Waals surface area contributed by atoms with Gasteiger partial charge >= 0.3 is 0 Å². The van der Waals surface area contributed by atoms with Gasteiger partial charge in [0.15, 0.2) is 0 Å². The number of hydrogen-bond donors (Lipinski definition) is 2. The molecule has 5 nitrogen and oxygen atoms in total. The molecule has 0 aliphatic rings. The summed E-state index contributed by atoms with van der Waals surface area (Å²) in [5, 5.41) is 6.20. The molecule has 0 aliphatic carbocycles. The Kier molecular flexibility index (Phi) is 4.83. The van der Waals surface area contributed by atoms with Gasteiger partial charge in [-0.15, -0.1) is 0 Å². The van der Waals surface area contributed by atoms with Crippen molar-refractivity contribution in [3.05, 3.63) is 53.4 Å². The molecular weight excluding hydrogens is 264 g/mol. The molecule has 0 spiro atoms. The Morgan fingerprint density at radius 2 is 2.11 bits per heavy atom. The van der Waals surface area contributed by atoms with E-state index in [4.69, 9.17) is 11.6 Å². The summed E-state index contributed by atoms with van der Waals surface area (Å²) < 4.78 is 0. The van der Waals surface area contributed by atoms with Gasteiger partial charge in [-0.05, 0) is 24.3 Å². The summed E-state index contributed by atoms with van der Waals surface area (Å²) in [6.07, 6.45) is 3.20. The van der Waals surface area contributed by atoms with Crippen LogP contribution < -0.4 is 10.6 Å². The SMILES string of the molecule is O=C(CNCc1ccccn1)Nc1ccc(Cl)cn1. The molecule has 19 heavy (non-hydrogen) atoms. The minimum atomic E-state index is -0.161. The second-order valence-electron chi connectivity index (χ2n) is 3.83. The number of rotatable bonds is 5. The molecule has 0 saturated heterocycles. The lowest BCUT2D eigenvalue weighted by Crippen LogP contribution is -2.28. The van der Waals surface area contributed by atoms with Crippen molar-refractivity contribution in [1.29, 1.82) is 0 Å². The molecule has 0 saturated carbocycles. The van der Waals surface area contributed by atoms with Crippen LogP contribution in [0.25, 0.3) is 0 Å². The van der Waals surface area contributed by atoms with Crippen molar-refractivity contribution in [3.63, 3.8) is 0 Å². The van der Waals surface area contributed by atoms with Gasteiger partial charge in [0.2, 0.25) is 5.91 Å². The van der Waals surface area contributed by atoms with Gasteiger partial charge in [0, 0.05) is 18.9 Å². The van der Waals surface area contributed by atoms with Crippen LogP contribution in [0.2, 0.25) is 5.02 Å². The van der Waals surface area contributed by atoms with E-state index in [1.165, 1.54) is 6.20 Å². The topological polar surface area (TPSA) is 66.9 Å². The van der Waals surface area contributed by atoms with E-state index in [2.05, 4.69) is 20.6 Å². The summed E-state index contributed by atoms with van der Waals surface area (Å²) >= 11 is 5.71. The van der Waals surface area contributed by atoms with E-state index in [1.807, 2.05) is 18.2 Å². The third-order valence-electron chi connectivity index (χ3n) is 2.31. The number of nitrogens with zero attached hydrogens (tertiary/aromatic N) is 2. The van der Waals surface area contributed by atoms with Gasteiger partial charge in [0.1, 0.15) is 5.82 Å². The standard InChI is InChI=1S/C13H13ClN4O/c14-10-4-5-12(17-7-10)18-13(19)9-15-8-11-3-1-2-6-16-11/h1-7,15H,8-9H2,(H,17,18,19). The van der Waals surface area contributed by atoms with Gasteiger partial charge in [0.05, 0.1) is 17.3 Å². The number of carbonyl (C=O) groups is 1. The molecular formula is C13H13ClN4O. The first kappa shape index (κ1) is 13.5. The van der Waals surface area contributed by atoms with Crippen LogP contribution in [0.1, 0.15) is 5.69 Å². The monoisotopic (exact) mass is 276 g/mol. The first-order chi connectivity index (χ1) is 9.24. The van der Waals surface area contributed by atoms with E-state index in [1.54, 1.807) is 18.3 Å².